The second kappa shape index (κ2) is 5.47. The molecule has 1 aromatic carbocycles. The Morgan fingerprint density at radius 3 is 2.30 bits per heavy atom. The molecular formula is C12H11Cl2N3O2S. The Hall–Kier alpha value is -1.50. The number of benzene rings is 1. The summed E-state index contributed by atoms with van der Waals surface area (Å²) in [4.78, 5) is 3.85. The lowest BCUT2D eigenvalue weighted by molar-refractivity contribution is 0.601. The van der Waals surface area contributed by atoms with E-state index in [1.54, 1.807) is 12.3 Å². The van der Waals surface area contributed by atoms with E-state index in [9.17, 15) is 8.42 Å². The summed E-state index contributed by atoms with van der Waals surface area (Å²) in [7, 11) is -3.81. The molecule has 0 fully saturated rings. The van der Waals surface area contributed by atoms with E-state index >= 15 is 0 Å². The fourth-order valence-corrected chi connectivity index (χ4v) is 3.24. The molecule has 2 rings (SSSR count). The molecule has 0 radical (unpaired) electrons. The zero-order valence-electron chi connectivity index (χ0n) is 10.4. The van der Waals surface area contributed by atoms with Crippen molar-refractivity contribution < 1.29 is 8.42 Å². The van der Waals surface area contributed by atoms with Crippen LogP contribution in [0.5, 0.6) is 0 Å². The molecule has 0 atom stereocenters. The highest BCUT2D eigenvalue weighted by molar-refractivity contribution is 7.92. The number of sulfonamides is 1. The Bertz CT molecular complexity index is 740. The number of nitrogen functional groups attached to an aromatic ring is 1. The molecule has 0 amide bonds. The van der Waals surface area contributed by atoms with Crippen LogP contribution in [0.2, 0.25) is 10.0 Å². The molecule has 0 unspecified atom stereocenters. The maximum Gasteiger partial charge on any atom is 0.262 e. The minimum absolute atomic E-state index is 0.0665. The van der Waals surface area contributed by atoms with Crippen molar-refractivity contribution >= 4 is 44.6 Å². The van der Waals surface area contributed by atoms with Crippen molar-refractivity contribution in [3.8, 4) is 0 Å². The number of hydrogen-bond acceptors (Lipinski definition) is 4. The van der Waals surface area contributed by atoms with Gasteiger partial charge in [0.1, 0.15) is 0 Å². The van der Waals surface area contributed by atoms with Gasteiger partial charge in [0.05, 0.1) is 32.5 Å². The Balaban J connectivity index is 2.41. The molecule has 8 heteroatoms. The van der Waals surface area contributed by atoms with E-state index in [4.69, 9.17) is 28.9 Å². The summed E-state index contributed by atoms with van der Waals surface area (Å²) in [5.41, 5.74) is 6.91. The summed E-state index contributed by atoms with van der Waals surface area (Å²) >= 11 is 11.7. The summed E-state index contributed by atoms with van der Waals surface area (Å²) in [5.74, 6) is 0. The van der Waals surface area contributed by atoms with Crippen LogP contribution in [0.4, 0.5) is 11.4 Å². The van der Waals surface area contributed by atoms with Crippen molar-refractivity contribution in [3.05, 3.63) is 46.2 Å². The largest absolute Gasteiger partial charge is 0.396 e. The van der Waals surface area contributed by atoms with E-state index in [0.717, 1.165) is 5.56 Å². The molecule has 2 aromatic rings. The molecule has 1 aromatic heterocycles. The molecule has 106 valence electrons. The molecule has 20 heavy (non-hydrogen) atoms. The molecule has 0 spiro atoms. The fourth-order valence-electron chi connectivity index (χ4n) is 1.54. The molecule has 1 heterocycles. The highest BCUT2D eigenvalue weighted by atomic mass is 35.5. The first-order chi connectivity index (χ1) is 9.29. The second-order valence-electron chi connectivity index (χ2n) is 4.16. The number of nitrogens with two attached hydrogens (primary N) is 1. The van der Waals surface area contributed by atoms with Crippen molar-refractivity contribution in [2.75, 3.05) is 10.5 Å². The van der Waals surface area contributed by atoms with Crippen LogP contribution in [0.25, 0.3) is 0 Å². The van der Waals surface area contributed by atoms with Crippen LogP contribution in [-0.4, -0.2) is 13.4 Å². The fraction of sp³-hybridized carbons (Fsp3) is 0.0833. The average Bonchev–Trinajstić information content (AvgIpc) is 2.34. The number of halogens is 2. The minimum Gasteiger partial charge on any atom is -0.396 e. The molecule has 5 nitrogen and oxygen atoms in total. The van der Waals surface area contributed by atoms with Gasteiger partial charge in [-0.2, -0.15) is 0 Å². The Morgan fingerprint density at radius 1 is 1.15 bits per heavy atom. The lowest BCUT2D eigenvalue weighted by Gasteiger charge is -2.10. The van der Waals surface area contributed by atoms with Gasteiger partial charge in [0.2, 0.25) is 0 Å². The highest BCUT2D eigenvalue weighted by Gasteiger charge is 2.17. The predicted molar refractivity (Wildman–Crippen MR) is 80.7 cm³/mol. The zero-order valence-corrected chi connectivity index (χ0v) is 12.7. The normalized spacial score (nSPS) is 11.3. The van der Waals surface area contributed by atoms with Crippen molar-refractivity contribution in [1.82, 2.24) is 4.98 Å². The van der Waals surface area contributed by atoms with E-state index < -0.39 is 10.0 Å². The lowest BCUT2D eigenvalue weighted by atomic mass is 10.3. The Morgan fingerprint density at radius 2 is 1.75 bits per heavy atom. The van der Waals surface area contributed by atoms with Crippen LogP contribution < -0.4 is 10.5 Å². The van der Waals surface area contributed by atoms with E-state index in [-0.39, 0.29) is 20.6 Å². The number of nitrogens with zero attached hydrogens (tertiary/aromatic N) is 1. The summed E-state index contributed by atoms with van der Waals surface area (Å²) in [6.07, 6.45) is 3.03. The molecule has 0 aliphatic carbocycles. The minimum atomic E-state index is -3.81. The van der Waals surface area contributed by atoms with Crippen LogP contribution in [0.3, 0.4) is 0 Å². The van der Waals surface area contributed by atoms with Crippen molar-refractivity contribution in [3.63, 3.8) is 0 Å². The quantitative estimate of drug-likeness (QED) is 0.846. The van der Waals surface area contributed by atoms with Crippen molar-refractivity contribution in [2.24, 2.45) is 0 Å². The lowest BCUT2D eigenvalue weighted by Crippen LogP contribution is -2.13. The third kappa shape index (κ3) is 3.15. The van der Waals surface area contributed by atoms with Crippen molar-refractivity contribution in [2.45, 2.75) is 11.8 Å². The maximum atomic E-state index is 12.2. The molecule has 0 saturated carbocycles. The first kappa shape index (κ1) is 14.9. The summed E-state index contributed by atoms with van der Waals surface area (Å²) in [6, 6.07) is 4.15. The van der Waals surface area contributed by atoms with Gasteiger partial charge in [-0.05, 0) is 30.7 Å². The molecule has 0 saturated heterocycles. The van der Waals surface area contributed by atoms with E-state index in [2.05, 4.69) is 9.71 Å². The van der Waals surface area contributed by atoms with Gasteiger partial charge in [-0.3, -0.25) is 9.71 Å². The van der Waals surface area contributed by atoms with Gasteiger partial charge in [0, 0.05) is 6.20 Å². The Labute approximate surface area is 126 Å². The summed E-state index contributed by atoms with van der Waals surface area (Å²) < 4.78 is 26.9. The van der Waals surface area contributed by atoms with Gasteiger partial charge >= 0.3 is 0 Å². The van der Waals surface area contributed by atoms with E-state index in [1.165, 1.54) is 18.3 Å². The van der Waals surface area contributed by atoms with Crippen LogP contribution in [0.15, 0.2) is 35.5 Å². The van der Waals surface area contributed by atoms with E-state index in [0.29, 0.717) is 5.69 Å². The first-order valence-electron chi connectivity index (χ1n) is 5.48. The highest BCUT2D eigenvalue weighted by Crippen LogP contribution is 2.31. The zero-order chi connectivity index (χ0) is 14.9. The third-order valence-corrected chi connectivity index (χ3v) is 4.48. The number of aryl methyl sites for hydroxylation is 1. The topological polar surface area (TPSA) is 85.1 Å². The summed E-state index contributed by atoms with van der Waals surface area (Å²) in [5, 5.41) is 0.167. The molecule has 0 aliphatic rings. The van der Waals surface area contributed by atoms with Crippen LogP contribution in [0, 0.1) is 6.92 Å². The molecule has 0 bridgehead atoms. The number of pyridine rings is 1. The van der Waals surface area contributed by atoms with Crippen LogP contribution in [-0.2, 0) is 10.0 Å². The number of anilines is 2. The molecule has 3 N–H and O–H groups in total. The number of nitrogens with one attached hydrogen (secondary N) is 1. The molecule has 0 aliphatic heterocycles. The average molecular weight is 332 g/mol. The number of hydrogen-bond donors (Lipinski definition) is 2. The number of rotatable bonds is 3. The van der Waals surface area contributed by atoms with Gasteiger partial charge in [-0.25, -0.2) is 8.42 Å². The maximum absolute atomic E-state index is 12.2. The van der Waals surface area contributed by atoms with E-state index in [1.807, 2.05) is 6.92 Å². The van der Waals surface area contributed by atoms with Gasteiger partial charge in [-0.15, -0.1) is 0 Å². The van der Waals surface area contributed by atoms with Crippen LogP contribution in [0.1, 0.15) is 5.56 Å². The second-order valence-corrected chi connectivity index (χ2v) is 6.65. The number of aromatic nitrogens is 1. The SMILES string of the molecule is Cc1cncc(NS(=O)(=O)c2cc(Cl)c(N)c(Cl)c2)c1. The van der Waals surface area contributed by atoms with Crippen molar-refractivity contribution in [1.29, 1.82) is 0 Å². The Kier molecular flexibility index (Phi) is 4.08. The third-order valence-electron chi connectivity index (χ3n) is 2.49. The van der Waals surface area contributed by atoms with Gasteiger partial charge in [0.15, 0.2) is 0 Å². The predicted octanol–water partition coefficient (Wildman–Crippen LogP) is 3.08. The smallest absolute Gasteiger partial charge is 0.262 e. The monoisotopic (exact) mass is 331 g/mol. The summed E-state index contributed by atoms with van der Waals surface area (Å²) in [6.45, 7) is 1.81. The standard InChI is InChI=1S/C12H11Cl2N3O2S/c1-7-2-8(6-16-5-7)17-20(18,19)9-3-10(13)12(15)11(14)4-9/h2-6,17H,15H2,1H3. The van der Waals surface area contributed by atoms with Gasteiger partial charge < -0.3 is 5.73 Å². The van der Waals surface area contributed by atoms with Gasteiger partial charge in [-0.1, -0.05) is 23.2 Å². The first-order valence-corrected chi connectivity index (χ1v) is 7.72. The van der Waals surface area contributed by atoms with Gasteiger partial charge in [0.25, 0.3) is 10.0 Å². The van der Waals surface area contributed by atoms with Crippen LogP contribution >= 0.6 is 23.2 Å². The molecular weight excluding hydrogens is 321 g/mol.